The number of amidine groups is 1. The van der Waals surface area contributed by atoms with Crippen molar-refractivity contribution in [3.63, 3.8) is 0 Å². The van der Waals surface area contributed by atoms with Crippen molar-refractivity contribution in [2.24, 2.45) is 4.99 Å². The van der Waals surface area contributed by atoms with Gasteiger partial charge in [-0.15, -0.1) is 0 Å². The van der Waals surface area contributed by atoms with Gasteiger partial charge in [0.15, 0.2) is 5.17 Å². The van der Waals surface area contributed by atoms with E-state index in [1.807, 2.05) is 30.8 Å². The molecule has 20 heavy (non-hydrogen) atoms. The lowest BCUT2D eigenvalue weighted by Crippen LogP contribution is -2.40. The van der Waals surface area contributed by atoms with E-state index < -0.39 is 0 Å². The van der Waals surface area contributed by atoms with Gasteiger partial charge in [0.25, 0.3) is 0 Å². The van der Waals surface area contributed by atoms with Crippen LogP contribution in [0.25, 0.3) is 0 Å². The van der Waals surface area contributed by atoms with E-state index in [4.69, 9.17) is 4.99 Å². The van der Waals surface area contributed by atoms with Gasteiger partial charge in [0, 0.05) is 11.3 Å². The predicted molar refractivity (Wildman–Crippen MR) is 83.8 cm³/mol. The molecule has 1 spiro atoms. The van der Waals surface area contributed by atoms with Gasteiger partial charge in [0.05, 0.1) is 6.04 Å². The van der Waals surface area contributed by atoms with Gasteiger partial charge >= 0.3 is 0 Å². The van der Waals surface area contributed by atoms with Gasteiger partial charge in [0.1, 0.15) is 5.82 Å². The highest BCUT2D eigenvalue weighted by molar-refractivity contribution is 8.14. The van der Waals surface area contributed by atoms with Crippen molar-refractivity contribution in [1.29, 1.82) is 0 Å². The summed E-state index contributed by atoms with van der Waals surface area (Å²) >= 11 is 1.81. The SMILES string of the molecule is Cc1ccc(C(C)N=C2NC3(CCCC3)CS2)cc1F. The molecule has 1 N–H and O–H groups in total. The summed E-state index contributed by atoms with van der Waals surface area (Å²) in [7, 11) is 0. The van der Waals surface area contributed by atoms with Crippen LogP contribution in [-0.4, -0.2) is 16.5 Å². The van der Waals surface area contributed by atoms with Gasteiger partial charge in [-0.25, -0.2) is 4.39 Å². The van der Waals surface area contributed by atoms with Gasteiger partial charge < -0.3 is 5.32 Å². The largest absolute Gasteiger partial charge is 0.359 e. The molecule has 1 aromatic rings. The number of halogens is 1. The topological polar surface area (TPSA) is 24.4 Å². The summed E-state index contributed by atoms with van der Waals surface area (Å²) in [5, 5.41) is 4.64. The Morgan fingerprint density at radius 3 is 2.80 bits per heavy atom. The second-order valence-electron chi connectivity index (χ2n) is 6.02. The maximum atomic E-state index is 13.6. The highest BCUT2D eigenvalue weighted by Gasteiger charge is 2.39. The van der Waals surface area contributed by atoms with Gasteiger partial charge in [-0.2, -0.15) is 0 Å². The molecule has 0 radical (unpaired) electrons. The number of nitrogens with one attached hydrogen (secondary N) is 1. The molecule has 1 aliphatic carbocycles. The van der Waals surface area contributed by atoms with Crippen molar-refractivity contribution in [1.82, 2.24) is 5.32 Å². The molecule has 1 saturated heterocycles. The Labute approximate surface area is 124 Å². The van der Waals surface area contributed by atoms with E-state index >= 15 is 0 Å². The molecule has 4 heteroatoms. The highest BCUT2D eigenvalue weighted by atomic mass is 32.2. The van der Waals surface area contributed by atoms with Crippen LogP contribution in [0.1, 0.15) is 49.8 Å². The molecule has 1 heterocycles. The maximum absolute atomic E-state index is 13.6. The molecule has 108 valence electrons. The summed E-state index contributed by atoms with van der Waals surface area (Å²) in [6, 6.07) is 5.40. The van der Waals surface area contributed by atoms with Gasteiger partial charge in [-0.05, 0) is 43.9 Å². The molecule has 1 unspecified atom stereocenters. The Hall–Kier alpha value is -1.03. The van der Waals surface area contributed by atoms with Crippen molar-refractivity contribution in [2.75, 3.05) is 5.75 Å². The van der Waals surface area contributed by atoms with Crippen LogP contribution in [0, 0.1) is 12.7 Å². The standard InChI is InChI=1S/C16H21FN2S/c1-11-5-6-13(9-14(11)17)12(2)18-15-19-16(10-20-15)7-3-4-8-16/h5-6,9,12H,3-4,7-8,10H2,1-2H3,(H,18,19). The monoisotopic (exact) mass is 292 g/mol. The lowest BCUT2D eigenvalue weighted by molar-refractivity contribution is 0.452. The van der Waals surface area contributed by atoms with E-state index in [9.17, 15) is 4.39 Å². The van der Waals surface area contributed by atoms with E-state index in [-0.39, 0.29) is 11.9 Å². The first kappa shape index (κ1) is 13.9. The molecule has 3 rings (SSSR count). The third-order valence-electron chi connectivity index (χ3n) is 4.41. The zero-order chi connectivity index (χ0) is 14.2. The zero-order valence-corrected chi connectivity index (χ0v) is 12.9. The van der Waals surface area contributed by atoms with E-state index in [0.717, 1.165) is 16.5 Å². The zero-order valence-electron chi connectivity index (χ0n) is 12.1. The van der Waals surface area contributed by atoms with Gasteiger partial charge in [0.2, 0.25) is 0 Å². The van der Waals surface area contributed by atoms with Crippen molar-refractivity contribution < 1.29 is 4.39 Å². The number of aryl methyl sites for hydroxylation is 1. The van der Waals surface area contributed by atoms with Crippen molar-refractivity contribution in [3.05, 3.63) is 35.1 Å². The Morgan fingerprint density at radius 2 is 2.10 bits per heavy atom. The first-order valence-corrected chi connectivity index (χ1v) is 8.31. The predicted octanol–water partition coefficient (Wildman–Crippen LogP) is 4.20. The fraction of sp³-hybridized carbons (Fsp3) is 0.562. The van der Waals surface area contributed by atoms with Crippen LogP contribution < -0.4 is 5.32 Å². The molecule has 1 aliphatic heterocycles. The van der Waals surface area contributed by atoms with E-state index in [1.165, 1.54) is 25.7 Å². The maximum Gasteiger partial charge on any atom is 0.157 e. The molecule has 1 aromatic carbocycles. The normalized spacial score (nSPS) is 24.2. The number of hydrogen-bond donors (Lipinski definition) is 1. The van der Waals surface area contributed by atoms with Crippen LogP contribution in [0.4, 0.5) is 4.39 Å². The van der Waals surface area contributed by atoms with Crippen LogP contribution in [0.3, 0.4) is 0 Å². The number of benzene rings is 1. The average Bonchev–Trinajstić information content (AvgIpc) is 3.04. The first-order chi connectivity index (χ1) is 9.58. The summed E-state index contributed by atoms with van der Waals surface area (Å²) in [5.41, 5.74) is 1.92. The van der Waals surface area contributed by atoms with E-state index in [1.54, 1.807) is 13.0 Å². The number of nitrogens with zero attached hydrogens (tertiary/aromatic N) is 1. The number of hydrogen-bond acceptors (Lipinski definition) is 2. The average molecular weight is 292 g/mol. The fourth-order valence-corrected chi connectivity index (χ4v) is 4.31. The highest BCUT2D eigenvalue weighted by Crippen LogP contribution is 2.38. The smallest absolute Gasteiger partial charge is 0.157 e. The lowest BCUT2D eigenvalue weighted by atomic mass is 10.0. The Morgan fingerprint density at radius 1 is 1.35 bits per heavy atom. The van der Waals surface area contributed by atoms with E-state index in [2.05, 4.69) is 5.32 Å². The lowest BCUT2D eigenvalue weighted by Gasteiger charge is -2.22. The van der Waals surface area contributed by atoms with Gasteiger partial charge in [-0.3, -0.25) is 4.99 Å². The molecule has 2 fully saturated rings. The Bertz CT molecular complexity index is 535. The summed E-state index contributed by atoms with van der Waals surface area (Å²) in [6.07, 6.45) is 5.15. The van der Waals surface area contributed by atoms with Crippen LogP contribution in [-0.2, 0) is 0 Å². The second kappa shape index (κ2) is 5.40. The molecule has 1 saturated carbocycles. The molecule has 2 nitrogen and oxygen atoms in total. The summed E-state index contributed by atoms with van der Waals surface area (Å²) in [6.45, 7) is 3.81. The van der Waals surface area contributed by atoms with Crippen LogP contribution >= 0.6 is 11.8 Å². The molecule has 0 bridgehead atoms. The minimum absolute atomic E-state index is 0.00310. The Kier molecular flexibility index (Phi) is 3.76. The third kappa shape index (κ3) is 2.71. The fourth-order valence-electron chi connectivity index (χ4n) is 3.02. The molecular weight excluding hydrogens is 271 g/mol. The second-order valence-corrected chi connectivity index (χ2v) is 6.98. The number of thioether (sulfide) groups is 1. The van der Waals surface area contributed by atoms with Crippen molar-refractivity contribution >= 4 is 16.9 Å². The molecule has 2 aliphatic rings. The minimum Gasteiger partial charge on any atom is -0.359 e. The van der Waals surface area contributed by atoms with Crippen molar-refractivity contribution in [3.8, 4) is 0 Å². The Balaban J connectivity index is 1.73. The van der Waals surface area contributed by atoms with Crippen molar-refractivity contribution in [2.45, 2.75) is 51.1 Å². The van der Waals surface area contributed by atoms with Crippen LogP contribution in [0.5, 0.6) is 0 Å². The minimum atomic E-state index is -0.145. The third-order valence-corrected chi connectivity index (χ3v) is 5.58. The molecule has 0 aromatic heterocycles. The molecule has 0 amide bonds. The molecule has 1 atom stereocenters. The quantitative estimate of drug-likeness (QED) is 0.883. The first-order valence-electron chi connectivity index (χ1n) is 7.33. The van der Waals surface area contributed by atoms with Crippen LogP contribution in [0.15, 0.2) is 23.2 Å². The number of aliphatic imine (C=N–C) groups is 1. The number of rotatable bonds is 2. The summed E-state index contributed by atoms with van der Waals surface area (Å²) < 4.78 is 13.6. The molecular formula is C16H21FN2S. The van der Waals surface area contributed by atoms with Crippen LogP contribution in [0.2, 0.25) is 0 Å². The van der Waals surface area contributed by atoms with Gasteiger partial charge in [-0.1, -0.05) is 36.7 Å². The van der Waals surface area contributed by atoms with E-state index in [0.29, 0.717) is 11.1 Å². The summed E-state index contributed by atoms with van der Waals surface area (Å²) in [5.74, 6) is 0.981. The summed E-state index contributed by atoms with van der Waals surface area (Å²) in [4.78, 5) is 4.74.